The van der Waals surface area contributed by atoms with Crippen LogP contribution in [0.4, 0.5) is 0 Å². The van der Waals surface area contributed by atoms with Gasteiger partial charge in [-0.05, 0) is 24.3 Å². The first-order valence-electron chi connectivity index (χ1n) is 5.52. The van der Waals surface area contributed by atoms with Crippen molar-refractivity contribution < 1.29 is 4.74 Å². The van der Waals surface area contributed by atoms with Crippen molar-refractivity contribution in [1.82, 2.24) is 0 Å². The normalized spacial score (nSPS) is 26.6. The highest BCUT2D eigenvalue weighted by molar-refractivity contribution is 5.13. The van der Waals surface area contributed by atoms with Gasteiger partial charge in [-0.25, -0.2) is 0 Å². The molecule has 2 atom stereocenters. The molecule has 14 heavy (non-hydrogen) atoms. The fourth-order valence-corrected chi connectivity index (χ4v) is 2.14. The highest BCUT2D eigenvalue weighted by Crippen LogP contribution is 2.28. The molecule has 1 aromatic carbocycles. The van der Waals surface area contributed by atoms with Crippen LogP contribution < -0.4 is 0 Å². The van der Waals surface area contributed by atoms with Crippen LogP contribution in [0.25, 0.3) is 0 Å². The van der Waals surface area contributed by atoms with Gasteiger partial charge < -0.3 is 4.74 Å². The number of ether oxygens (including phenoxy) is 1. The maximum Gasteiger partial charge on any atom is 0.0720 e. The van der Waals surface area contributed by atoms with Crippen molar-refractivity contribution in [2.45, 2.75) is 38.9 Å². The SMILES string of the molecule is C[C@@H]1CCCC1OCc1ccccc1. The van der Waals surface area contributed by atoms with Gasteiger partial charge in [0.1, 0.15) is 0 Å². The molecule has 0 heterocycles. The van der Waals surface area contributed by atoms with E-state index in [2.05, 4.69) is 31.2 Å². The average Bonchev–Trinajstić information content (AvgIpc) is 2.63. The van der Waals surface area contributed by atoms with Gasteiger partial charge in [-0.3, -0.25) is 0 Å². The third-order valence-electron chi connectivity index (χ3n) is 3.09. The van der Waals surface area contributed by atoms with Crippen LogP contribution in [-0.2, 0) is 11.3 Å². The molecule has 76 valence electrons. The second kappa shape index (κ2) is 4.61. The summed E-state index contributed by atoms with van der Waals surface area (Å²) in [5, 5.41) is 0. The molecule has 1 saturated carbocycles. The molecule has 1 aromatic rings. The third-order valence-corrected chi connectivity index (χ3v) is 3.09. The Bertz CT molecular complexity index is 268. The van der Waals surface area contributed by atoms with E-state index in [4.69, 9.17) is 4.74 Å². The summed E-state index contributed by atoms with van der Waals surface area (Å²) in [4.78, 5) is 0. The molecule has 2 rings (SSSR count). The molecule has 0 bridgehead atoms. The van der Waals surface area contributed by atoms with Crippen LogP contribution >= 0.6 is 0 Å². The smallest absolute Gasteiger partial charge is 0.0720 e. The topological polar surface area (TPSA) is 9.23 Å². The molecule has 0 spiro atoms. The molecular formula is C13H18O. The van der Waals surface area contributed by atoms with Gasteiger partial charge >= 0.3 is 0 Å². The molecule has 1 aliphatic rings. The predicted molar refractivity (Wildman–Crippen MR) is 58.0 cm³/mol. The molecule has 1 heteroatoms. The van der Waals surface area contributed by atoms with Crippen LogP contribution in [0.3, 0.4) is 0 Å². The van der Waals surface area contributed by atoms with Crippen LogP contribution in [0.1, 0.15) is 31.7 Å². The minimum Gasteiger partial charge on any atom is -0.373 e. The van der Waals surface area contributed by atoms with E-state index in [1.54, 1.807) is 0 Å². The zero-order valence-corrected chi connectivity index (χ0v) is 8.78. The second-order valence-electron chi connectivity index (χ2n) is 4.24. The molecule has 0 aliphatic heterocycles. The highest BCUT2D eigenvalue weighted by atomic mass is 16.5. The molecule has 0 saturated heterocycles. The maximum atomic E-state index is 5.90. The van der Waals surface area contributed by atoms with Crippen molar-refractivity contribution >= 4 is 0 Å². The number of benzene rings is 1. The molecule has 0 N–H and O–H groups in total. The summed E-state index contributed by atoms with van der Waals surface area (Å²) in [6.45, 7) is 3.07. The van der Waals surface area contributed by atoms with E-state index in [1.807, 2.05) is 6.07 Å². The van der Waals surface area contributed by atoms with Crippen molar-refractivity contribution in [3.8, 4) is 0 Å². The van der Waals surface area contributed by atoms with Crippen LogP contribution in [0.15, 0.2) is 30.3 Å². The molecular weight excluding hydrogens is 172 g/mol. The van der Waals surface area contributed by atoms with E-state index in [9.17, 15) is 0 Å². The Morgan fingerprint density at radius 1 is 1.21 bits per heavy atom. The van der Waals surface area contributed by atoms with Gasteiger partial charge in [0.25, 0.3) is 0 Å². The van der Waals surface area contributed by atoms with Gasteiger partial charge in [-0.15, -0.1) is 0 Å². The first kappa shape index (κ1) is 9.72. The zero-order valence-electron chi connectivity index (χ0n) is 8.78. The average molecular weight is 190 g/mol. The maximum absolute atomic E-state index is 5.90. The summed E-state index contributed by atoms with van der Waals surface area (Å²) in [7, 11) is 0. The zero-order chi connectivity index (χ0) is 9.80. The third kappa shape index (κ3) is 2.36. The summed E-state index contributed by atoms with van der Waals surface area (Å²) < 4.78 is 5.90. The van der Waals surface area contributed by atoms with E-state index in [0.717, 1.165) is 12.5 Å². The minimum atomic E-state index is 0.496. The van der Waals surface area contributed by atoms with Crippen LogP contribution in [0.5, 0.6) is 0 Å². The van der Waals surface area contributed by atoms with E-state index >= 15 is 0 Å². The first-order chi connectivity index (χ1) is 6.86. The molecule has 1 aliphatic carbocycles. The Balaban J connectivity index is 1.82. The lowest BCUT2D eigenvalue weighted by Crippen LogP contribution is -2.15. The molecule has 0 amide bonds. The van der Waals surface area contributed by atoms with Crippen LogP contribution in [0, 0.1) is 5.92 Å². The quantitative estimate of drug-likeness (QED) is 0.710. The van der Waals surface area contributed by atoms with Crippen molar-refractivity contribution in [1.29, 1.82) is 0 Å². The van der Waals surface area contributed by atoms with Crippen molar-refractivity contribution in [2.75, 3.05) is 0 Å². The Morgan fingerprint density at radius 2 is 2.00 bits per heavy atom. The Labute approximate surface area is 86.1 Å². The van der Waals surface area contributed by atoms with Gasteiger partial charge in [0.2, 0.25) is 0 Å². The summed E-state index contributed by atoms with van der Waals surface area (Å²) in [6, 6.07) is 10.4. The van der Waals surface area contributed by atoms with Gasteiger partial charge in [0.05, 0.1) is 12.7 Å². The summed E-state index contributed by atoms with van der Waals surface area (Å²) >= 11 is 0. The first-order valence-corrected chi connectivity index (χ1v) is 5.52. The fraction of sp³-hybridized carbons (Fsp3) is 0.538. The molecule has 1 unspecified atom stereocenters. The van der Waals surface area contributed by atoms with Crippen molar-refractivity contribution in [3.05, 3.63) is 35.9 Å². The number of hydrogen-bond donors (Lipinski definition) is 0. The molecule has 0 radical (unpaired) electrons. The number of hydrogen-bond acceptors (Lipinski definition) is 1. The summed E-state index contributed by atoms with van der Waals surface area (Å²) in [5.41, 5.74) is 1.28. The van der Waals surface area contributed by atoms with E-state index < -0.39 is 0 Å². The Kier molecular flexibility index (Phi) is 3.20. The van der Waals surface area contributed by atoms with E-state index in [0.29, 0.717) is 6.10 Å². The molecule has 1 fully saturated rings. The lowest BCUT2D eigenvalue weighted by Gasteiger charge is -2.16. The van der Waals surface area contributed by atoms with Gasteiger partial charge in [-0.1, -0.05) is 43.7 Å². The molecule has 1 nitrogen and oxygen atoms in total. The van der Waals surface area contributed by atoms with Gasteiger partial charge in [0.15, 0.2) is 0 Å². The standard InChI is InChI=1S/C13H18O/c1-11-6-5-9-13(11)14-10-12-7-3-2-4-8-12/h2-4,7-8,11,13H,5-6,9-10H2,1H3/t11-,13?/m1/s1. The predicted octanol–water partition coefficient (Wildman–Crippen LogP) is 3.39. The largest absolute Gasteiger partial charge is 0.373 e. The molecule has 0 aromatic heterocycles. The van der Waals surface area contributed by atoms with E-state index in [1.165, 1.54) is 24.8 Å². The monoisotopic (exact) mass is 190 g/mol. The van der Waals surface area contributed by atoms with Gasteiger partial charge in [0, 0.05) is 0 Å². The Morgan fingerprint density at radius 3 is 2.64 bits per heavy atom. The lowest BCUT2D eigenvalue weighted by molar-refractivity contribution is 0.0207. The van der Waals surface area contributed by atoms with Crippen molar-refractivity contribution in [3.63, 3.8) is 0 Å². The summed E-state index contributed by atoms with van der Waals surface area (Å²) in [6.07, 6.45) is 4.41. The summed E-state index contributed by atoms with van der Waals surface area (Å²) in [5.74, 6) is 0.749. The van der Waals surface area contributed by atoms with Gasteiger partial charge in [-0.2, -0.15) is 0 Å². The second-order valence-corrected chi connectivity index (χ2v) is 4.24. The minimum absolute atomic E-state index is 0.496. The lowest BCUT2D eigenvalue weighted by atomic mass is 10.1. The van der Waals surface area contributed by atoms with Crippen molar-refractivity contribution in [2.24, 2.45) is 5.92 Å². The fourth-order valence-electron chi connectivity index (χ4n) is 2.14. The van der Waals surface area contributed by atoms with Crippen LogP contribution in [-0.4, -0.2) is 6.10 Å². The Hall–Kier alpha value is -0.820. The number of rotatable bonds is 3. The van der Waals surface area contributed by atoms with E-state index in [-0.39, 0.29) is 0 Å². The van der Waals surface area contributed by atoms with Crippen LogP contribution in [0.2, 0.25) is 0 Å². The highest BCUT2D eigenvalue weighted by Gasteiger charge is 2.23.